The predicted octanol–water partition coefficient (Wildman–Crippen LogP) is 5.80. The summed E-state index contributed by atoms with van der Waals surface area (Å²) in [6.45, 7) is 3.66. The van der Waals surface area contributed by atoms with Crippen LogP contribution in [-0.2, 0) is 0 Å². The van der Waals surface area contributed by atoms with Crippen LogP contribution in [0.4, 0.5) is 0 Å². The van der Waals surface area contributed by atoms with Crippen molar-refractivity contribution >= 4 is 22.2 Å². The number of benzene rings is 3. The molecule has 4 rings (SSSR count). The minimum absolute atomic E-state index is 0.648. The van der Waals surface area contributed by atoms with E-state index in [9.17, 15) is 0 Å². The number of allylic oxidation sites excluding steroid dienone is 1. The van der Waals surface area contributed by atoms with E-state index in [4.69, 9.17) is 9.15 Å². The highest BCUT2D eigenvalue weighted by molar-refractivity contribution is 5.99. The molecule has 1 heterocycles. The van der Waals surface area contributed by atoms with Crippen LogP contribution >= 0.6 is 0 Å². The first-order valence-corrected chi connectivity index (χ1v) is 10.3. The van der Waals surface area contributed by atoms with E-state index in [2.05, 4.69) is 65.8 Å². The van der Waals surface area contributed by atoms with E-state index in [1.807, 2.05) is 31.3 Å². The van der Waals surface area contributed by atoms with E-state index in [0.29, 0.717) is 6.61 Å². The van der Waals surface area contributed by atoms with Crippen LogP contribution in [0.5, 0.6) is 5.75 Å². The molecule has 0 aliphatic carbocycles. The van der Waals surface area contributed by atoms with Gasteiger partial charge in [0, 0.05) is 6.54 Å². The number of oxazole rings is 1. The molecule has 30 heavy (non-hydrogen) atoms. The molecule has 0 atom stereocenters. The zero-order valence-corrected chi connectivity index (χ0v) is 17.4. The van der Waals surface area contributed by atoms with Crippen molar-refractivity contribution in [3.05, 3.63) is 95.9 Å². The summed E-state index contributed by atoms with van der Waals surface area (Å²) >= 11 is 0. The summed E-state index contributed by atoms with van der Waals surface area (Å²) in [5.74, 6) is 0.878. The fraction of sp³-hybridized carbons (Fsp3) is 0.192. The lowest BCUT2D eigenvalue weighted by Gasteiger charge is -2.17. The third-order valence-corrected chi connectivity index (χ3v) is 5.16. The Hall–Kier alpha value is -3.37. The summed E-state index contributed by atoms with van der Waals surface area (Å²) in [6, 6.07) is 25.1. The van der Waals surface area contributed by atoms with Crippen LogP contribution in [-0.4, -0.2) is 25.2 Å². The van der Waals surface area contributed by atoms with Gasteiger partial charge in [-0.25, -0.2) is 4.98 Å². The molecule has 0 bridgehead atoms. The molecule has 0 unspecified atom stereocenters. The first kappa shape index (κ1) is 19.9. The Morgan fingerprint density at radius 1 is 0.933 bits per heavy atom. The van der Waals surface area contributed by atoms with Gasteiger partial charge < -0.3 is 14.5 Å². The van der Waals surface area contributed by atoms with Crippen molar-refractivity contribution in [1.82, 2.24) is 10.3 Å². The van der Waals surface area contributed by atoms with Gasteiger partial charge in [-0.15, -0.1) is 0 Å². The van der Waals surface area contributed by atoms with Gasteiger partial charge in [0.05, 0.1) is 0 Å². The molecule has 4 nitrogen and oxygen atoms in total. The fourth-order valence-electron chi connectivity index (χ4n) is 3.68. The Balaban J connectivity index is 1.80. The molecule has 0 spiro atoms. The van der Waals surface area contributed by atoms with Crippen molar-refractivity contribution in [2.75, 3.05) is 20.2 Å². The molecule has 3 aromatic carbocycles. The number of ether oxygens (including phenoxy) is 1. The Labute approximate surface area is 177 Å². The number of hydrogen-bond donors (Lipinski definition) is 1. The quantitative estimate of drug-likeness (QED) is 0.301. The van der Waals surface area contributed by atoms with Crippen LogP contribution < -0.4 is 10.1 Å². The summed E-state index contributed by atoms with van der Waals surface area (Å²) in [7, 11) is 1.92. The maximum Gasteiger partial charge on any atom is 0.181 e. The van der Waals surface area contributed by atoms with Gasteiger partial charge >= 0.3 is 0 Å². The van der Waals surface area contributed by atoms with E-state index >= 15 is 0 Å². The highest BCUT2D eigenvalue weighted by atomic mass is 16.5. The average molecular weight is 399 g/mol. The molecular formula is C26H26N2O2. The first-order valence-electron chi connectivity index (χ1n) is 10.3. The molecule has 0 saturated carbocycles. The van der Waals surface area contributed by atoms with Gasteiger partial charge in [0.25, 0.3) is 0 Å². The molecule has 152 valence electrons. The fourth-order valence-corrected chi connectivity index (χ4v) is 3.68. The topological polar surface area (TPSA) is 47.3 Å². The molecule has 1 aromatic heterocycles. The van der Waals surface area contributed by atoms with Crippen LogP contribution in [0.2, 0.25) is 0 Å². The van der Waals surface area contributed by atoms with Crippen molar-refractivity contribution in [2.24, 2.45) is 0 Å². The lowest BCUT2D eigenvalue weighted by Crippen LogP contribution is -2.15. The second-order valence-corrected chi connectivity index (χ2v) is 7.08. The van der Waals surface area contributed by atoms with Gasteiger partial charge in [-0.2, -0.15) is 0 Å². The van der Waals surface area contributed by atoms with Crippen LogP contribution in [0.25, 0.3) is 22.2 Å². The predicted molar refractivity (Wildman–Crippen MR) is 123 cm³/mol. The zero-order valence-electron chi connectivity index (χ0n) is 17.4. The molecule has 0 radical (unpaired) electrons. The summed E-state index contributed by atoms with van der Waals surface area (Å²) in [6.07, 6.45) is 2.39. The normalized spacial score (nSPS) is 12.1. The van der Waals surface area contributed by atoms with Gasteiger partial charge in [-0.1, -0.05) is 55.5 Å². The number of aromatic nitrogens is 1. The van der Waals surface area contributed by atoms with Crippen molar-refractivity contribution < 1.29 is 9.15 Å². The van der Waals surface area contributed by atoms with E-state index in [1.165, 1.54) is 28.7 Å². The van der Waals surface area contributed by atoms with E-state index in [0.717, 1.165) is 35.4 Å². The van der Waals surface area contributed by atoms with E-state index in [1.54, 1.807) is 0 Å². The Morgan fingerprint density at radius 2 is 1.67 bits per heavy atom. The summed E-state index contributed by atoms with van der Waals surface area (Å²) in [5, 5.41) is 3.10. The molecule has 4 aromatic rings. The molecule has 0 aliphatic heterocycles. The average Bonchev–Trinajstić information content (AvgIpc) is 3.27. The smallest absolute Gasteiger partial charge is 0.181 e. The second-order valence-electron chi connectivity index (χ2n) is 7.08. The third kappa shape index (κ3) is 4.29. The molecule has 0 fully saturated rings. The van der Waals surface area contributed by atoms with Crippen molar-refractivity contribution in [3.8, 4) is 5.75 Å². The molecule has 0 amide bonds. The number of likely N-dealkylation sites (N-methyl/N-ethyl adjacent to an activating group) is 1. The van der Waals surface area contributed by atoms with Gasteiger partial charge in [0.2, 0.25) is 0 Å². The summed E-state index contributed by atoms with van der Waals surface area (Å²) < 4.78 is 11.2. The second kappa shape index (κ2) is 9.42. The number of fused-ring (bicyclic) bond motifs is 1. The molecule has 0 aliphatic rings. The largest absolute Gasteiger partial charge is 0.492 e. The monoisotopic (exact) mass is 398 g/mol. The third-order valence-electron chi connectivity index (χ3n) is 5.16. The van der Waals surface area contributed by atoms with Gasteiger partial charge in [0.15, 0.2) is 12.0 Å². The molecule has 4 heteroatoms. The number of nitrogens with zero attached hydrogens (tertiary/aromatic N) is 1. The lowest BCUT2D eigenvalue weighted by atomic mass is 9.88. The number of nitrogens with one attached hydrogen (secondary N) is 1. The Morgan fingerprint density at radius 3 is 2.40 bits per heavy atom. The van der Waals surface area contributed by atoms with Crippen molar-refractivity contribution in [3.63, 3.8) is 0 Å². The Bertz CT molecular complexity index is 1130. The van der Waals surface area contributed by atoms with Crippen LogP contribution in [0, 0.1) is 0 Å². The first-order chi connectivity index (χ1) is 14.8. The summed E-state index contributed by atoms with van der Waals surface area (Å²) in [5.41, 5.74) is 7.69. The SMILES string of the molecule is CCC(=C(c1ccccc1)c1ccc(OCCNC)cc1)c1ccc2ocnc2c1. The standard InChI is InChI=1S/C26H26N2O2/c1-3-23(21-11-14-25-24(17-21)28-18-30-25)26(19-7-5-4-6-8-19)20-9-12-22(13-10-20)29-16-15-27-2/h4-14,17-18,27H,3,15-16H2,1-2H3. The molecule has 1 N–H and O–H groups in total. The van der Waals surface area contributed by atoms with Gasteiger partial charge in [-0.05, 0) is 65.6 Å². The maximum atomic E-state index is 5.80. The molecule has 0 saturated heterocycles. The maximum absolute atomic E-state index is 5.80. The van der Waals surface area contributed by atoms with Crippen LogP contribution in [0.1, 0.15) is 30.0 Å². The zero-order chi connectivity index (χ0) is 20.8. The van der Waals surface area contributed by atoms with Crippen LogP contribution in [0.15, 0.2) is 83.6 Å². The minimum atomic E-state index is 0.648. The number of hydrogen-bond acceptors (Lipinski definition) is 4. The molecular weight excluding hydrogens is 372 g/mol. The lowest BCUT2D eigenvalue weighted by molar-refractivity contribution is 0.318. The van der Waals surface area contributed by atoms with Gasteiger partial charge in [0.1, 0.15) is 17.9 Å². The van der Waals surface area contributed by atoms with Crippen LogP contribution in [0.3, 0.4) is 0 Å². The Kier molecular flexibility index (Phi) is 6.26. The number of rotatable bonds is 8. The summed E-state index contributed by atoms with van der Waals surface area (Å²) in [4.78, 5) is 4.34. The minimum Gasteiger partial charge on any atom is -0.492 e. The van der Waals surface area contributed by atoms with E-state index in [-0.39, 0.29) is 0 Å². The van der Waals surface area contributed by atoms with E-state index < -0.39 is 0 Å². The van der Waals surface area contributed by atoms with Gasteiger partial charge in [-0.3, -0.25) is 0 Å². The highest BCUT2D eigenvalue weighted by Gasteiger charge is 2.14. The van der Waals surface area contributed by atoms with Crippen molar-refractivity contribution in [1.29, 1.82) is 0 Å². The highest BCUT2D eigenvalue weighted by Crippen LogP contribution is 2.35. The van der Waals surface area contributed by atoms with Crippen molar-refractivity contribution in [2.45, 2.75) is 13.3 Å².